The number of benzene rings is 1. The smallest absolute Gasteiger partial charge is 0.223 e. The molecule has 1 aromatic rings. The molecule has 0 saturated heterocycles. The molecule has 4 nitrogen and oxygen atoms in total. The number of ether oxygens (including phenoxy) is 1. The lowest BCUT2D eigenvalue weighted by Gasteiger charge is -2.31. The molecule has 1 amide bonds. The van der Waals surface area contributed by atoms with E-state index in [0.717, 1.165) is 24.8 Å². The van der Waals surface area contributed by atoms with E-state index in [4.69, 9.17) is 10.5 Å². The van der Waals surface area contributed by atoms with Crippen molar-refractivity contribution in [1.29, 1.82) is 0 Å². The summed E-state index contributed by atoms with van der Waals surface area (Å²) in [7, 11) is 0. The summed E-state index contributed by atoms with van der Waals surface area (Å²) in [6.45, 7) is 3.23. The van der Waals surface area contributed by atoms with Crippen LogP contribution in [0.5, 0.6) is 0 Å². The van der Waals surface area contributed by atoms with Crippen LogP contribution in [0.15, 0.2) is 24.3 Å². The summed E-state index contributed by atoms with van der Waals surface area (Å²) < 4.78 is 5.81. The average Bonchev–Trinajstić information content (AvgIpc) is 3.32. The Morgan fingerprint density at radius 2 is 2.19 bits per heavy atom. The van der Waals surface area contributed by atoms with Crippen LogP contribution >= 0.6 is 0 Å². The Hall–Kier alpha value is -1.39. The number of carbonyl (C=O) groups excluding carboxylic acids is 1. The van der Waals surface area contributed by atoms with Gasteiger partial charge in [0, 0.05) is 6.54 Å². The summed E-state index contributed by atoms with van der Waals surface area (Å²) in [4.78, 5) is 12.4. The van der Waals surface area contributed by atoms with E-state index in [9.17, 15) is 4.79 Å². The van der Waals surface area contributed by atoms with Crippen LogP contribution in [0.4, 0.5) is 0 Å². The van der Waals surface area contributed by atoms with Gasteiger partial charge in [0.15, 0.2) is 0 Å². The third-order valence-electron chi connectivity index (χ3n) is 4.79. The molecule has 3 rings (SSSR count). The van der Waals surface area contributed by atoms with Crippen molar-refractivity contribution in [3.63, 3.8) is 0 Å². The van der Waals surface area contributed by atoms with Gasteiger partial charge in [-0.1, -0.05) is 24.3 Å². The molecule has 0 radical (unpaired) electrons. The van der Waals surface area contributed by atoms with E-state index < -0.39 is 0 Å². The van der Waals surface area contributed by atoms with Crippen molar-refractivity contribution in [2.24, 2.45) is 11.7 Å². The van der Waals surface area contributed by atoms with Crippen LogP contribution < -0.4 is 11.1 Å². The van der Waals surface area contributed by atoms with Gasteiger partial charge in [-0.25, -0.2) is 0 Å². The first-order chi connectivity index (χ1) is 10.1. The second-order valence-electron chi connectivity index (χ2n) is 6.46. The molecular weight excluding hydrogens is 264 g/mol. The molecule has 2 unspecified atom stereocenters. The van der Waals surface area contributed by atoms with Crippen LogP contribution in [-0.4, -0.2) is 24.6 Å². The van der Waals surface area contributed by atoms with Gasteiger partial charge in [0.2, 0.25) is 5.91 Å². The van der Waals surface area contributed by atoms with Crippen LogP contribution in [0.2, 0.25) is 0 Å². The fourth-order valence-corrected chi connectivity index (χ4v) is 3.22. The number of amides is 1. The first kappa shape index (κ1) is 14.5. The highest BCUT2D eigenvalue weighted by Gasteiger charge is 2.41. The summed E-state index contributed by atoms with van der Waals surface area (Å²) in [6, 6.07) is 8.24. The maximum Gasteiger partial charge on any atom is 0.223 e. The van der Waals surface area contributed by atoms with E-state index in [1.54, 1.807) is 0 Å². The molecular formula is C17H24N2O2. The predicted octanol–water partition coefficient (Wildman–Crippen LogP) is 1.93. The van der Waals surface area contributed by atoms with Gasteiger partial charge in [0.1, 0.15) is 0 Å². The molecule has 114 valence electrons. The van der Waals surface area contributed by atoms with Crippen molar-refractivity contribution >= 4 is 5.91 Å². The standard InChI is InChI=1S/C17H24N2O2/c1-17(11-18,13-6-7-13)19-16(20)10-15-14-5-3-2-4-12(14)8-9-21-15/h2-5,13,15H,6-11,18H2,1H3,(H,19,20). The monoisotopic (exact) mass is 288 g/mol. The number of hydrogen-bond acceptors (Lipinski definition) is 3. The lowest BCUT2D eigenvalue weighted by Crippen LogP contribution is -2.53. The van der Waals surface area contributed by atoms with Crippen LogP contribution in [0.25, 0.3) is 0 Å². The summed E-state index contributed by atoms with van der Waals surface area (Å²) in [6.07, 6.45) is 3.50. The normalized spacial score (nSPS) is 24.0. The number of nitrogens with two attached hydrogens (primary N) is 1. The van der Waals surface area contributed by atoms with E-state index in [1.807, 2.05) is 12.1 Å². The van der Waals surface area contributed by atoms with Crippen LogP contribution in [0.1, 0.15) is 43.4 Å². The Morgan fingerprint density at radius 1 is 1.43 bits per heavy atom. The topological polar surface area (TPSA) is 64.3 Å². The molecule has 1 heterocycles. The van der Waals surface area contributed by atoms with Gasteiger partial charge in [-0.05, 0) is 43.2 Å². The lowest BCUT2D eigenvalue weighted by atomic mass is 9.93. The summed E-state index contributed by atoms with van der Waals surface area (Å²) in [5.74, 6) is 0.572. The molecule has 2 atom stereocenters. The Bertz CT molecular complexity index is 527. The fraction of sp³-hybridized carbons (Fsp3) is 0.588. The molecule has 1 aliphatic carbocycles. The maximum atomic E-state index is 12.4. The third-order valence-corrected chi connectivity index (χ3v) is 4.79. The van der Waals surface area contributed by atoms with E-state index >= 15 is 0 Å². The Morgan fingerprint density at radius 3 is 2.90 bits per heavy atom. The molecule has 2 aliphatic rings. The van der Waals surface area contributed by atoms with Gasteiger partial charge >= 0.3 is 0 Å². The van der Waals surface area contributed by atoms with Crippen molar-refractivity contribution in [2.75, 3.05) is 13.2 Å². The molecule has 1 aromatic carbocycles. The zero-order valence-electron chi connectivity index (χ0n) is 12.6. The molecule has 4 heteroatoms. The van der Waals surface area contributed by atoms with Gasteiger partial charge < -0.3 is 15.8 Å². The summed E-state index contributed by atoms with van der Waals surface area (Å²) >= 11 is 0. The van der Waals surface area contributed by atoms with Gasteiger partial charge in [-0.3, -0.25) is 4.79 Å². The number of rotatable bonds is 5. The quantitative estimate of drug-likeness (QED) is 0.870. The predicted molar refractivity (Wildman–Crippen MR) is 81.8 cm³/mol. The fourth-order valence-electron chi connectivity index (χ4n) is 3.22. The second kappa shape index (κ2) is 5.78. The number of hydrogen-bond donors (Lipinski definition) is 2. The van der Waals surface area contributed by atoms with Gasteiger partial charge in [0.25, 0.3) is 0 Å². The minimum atomic E-state index is -0.259. The Kier molecular flexibility index (Phi) is 4.00. The van der Waals surface area contributed by atoms with Gasteiger partial charge in [0.05, 0.1) is 24.7 Å². The molecule has 0 aromatic heterocycles. The van der Waals surface area contributed by atoms with Gasteiger partial charge in [-0.15, -0.1) is 0 Å². The highest BCUT2D eigenvalue weighted by molar-refractivity contribution is 5.77. The van der Waals surface area contributed by atoms with E-state index in [1.165, 1.54) is 5.56 Å². The number of fused-ring (bicyclic) bond motifs is 1. The van der Waals surface area contributed by atoms with Crippen LogP contribution in [-0.2, 0) is 16.0 Å². The van der Waals surface area contributed by atoms with Crippen molar-refractivity contribution in [3.8, 4) is 0 Å². The van der Waals surface area contributed by atoms with Crippen LogP contribution in [0, 0.1) is 5.92 Å². The molecule has 0 bridgehead atoms. The minimum Gasteiger partial charge on any atom is -0.373 e. The number of nitrogens with one attached hydrogen (secondary N) is 1. The molecule has 3 N–H and O–H groups in total. The summed E-state index contributed by atoms with van der Waals surface area (Å²) in [5.41, 5.74) is 8.05. The zero-order chi connectivity index (χ0) is 14.9. The zero-order valence-corrected chi connectivity index (χ0v) is 12.6. The van der Waals surface area contributed by atoms with Gasteiger partial charge in [-0.2, -0.15) is 0 Å². The van der Waals surface area contributed by atoms with E-state index in [-0.39, 0.29) is 17.6 Å². The van der Waals surface area contributed by atoms with Crippen molar-refractivity contribution in [1.82, 2.24) is 5.32 Å². The first-order valence-electron chi connectivity index (χ1n) is 7.83. The molecule has 1 fully saturated rings. The molecule has 1 aliphatic heterocycles. The van der Waals surface area contributed by atoms with E-state index in [2.05, 4.69) is 24.4 Å². The highest BCUT2D eigenvalue weighted by atomic mass is 16.5. The van der Waals surface area contributed by atoms with Crippen molar-refractivity contribution in [3.05, 3.63) is 35.4 Å². The molecule has 1 saturated carbocycles. The van der Waals surface area contributed by atoms with Crippen LogP contribution in [0.3, 0.4) is 0 Å². The average molecular weight is 288 g/mol. The van der Waals surface area contributed by atoms with Crippen molar-refractivity contribution < 1.29 is 9.53 Å². The first-order valence-corrected chi connectivity index (χ1v) is 7.83. The Labute approximate surface area is 126 Å². The number of carbonyl (C=O) groups is 1. The van der Waals surface area contributed by atoms with E-state index in [0.29, 0.717) is 25.5 Å². The lowest BCUT2D eigenvalue weighted by molar-refractivity contribution is -0.126. The largest absolute Gasteiger partial charge is 0.373 e. The minimum absolute atomic E-state index is 0.0385. The van der Waals surface area contributed by atoms with Crippen molar-refractivity contribution in [2.45, 2.75) is 44.2 Å². The Balaban J connectivity index is 1.66. The molecule has 21 heavy (non-hydrogen) atoms. The third kappa shape index (κ3) is 3.11. The maximum absolute atomic E-state index is 12.4. The molecule has 0 spiro atoms. The SMILES string of the molecule is CC(CN)(NC(=O)CC1OCCc2ccccc21)C1CC1. The second-order valence-corrected chi connectivity index (χ2v) is 6.46. The highest BCUT2D eigenvalue weighted by Crippen LogP contribution is 2.39. The summed E-state index contributed by atoms with van der Waals surface area (Å²) in [5, 5.41) is 3.14.